The third-order valence-corrected chi connectivity index (χ3v) is 6.02. The van der Waals surface area contributed by atoms with Crippen molar-refractivity contribution in [3.63, 3.8) is 0 Å². The van der Waals surface area contributed by atoms with Crippen LogP contribution in [0.25, 0.3) is 0 Å². The zero-order valence-corrected chi connectivity index (χ0v) is 13.8. The average molecular weight is 377 g/mol. The fourth-order valence-electron chi connectivity index (χ4n) is 1.54. The zero-order chi connectivity index (χ0) is 14.8. The predicted octanol–water partition coefficient (Wildman–Crippen LogP) is 2.78. The van der Waals surface area contributed by atoms with E-state index in [1.165, 1.54) is 0 Å². The minimum absolute atomic E-state index is 0.241. The lowest BCUT2D eigenvalue weighted by molar-refractivity contribution is 0.412. The molecule has 0 aliphatic carbocycles. The Morgan fingerprint density at radius 1 is 1.40 bits per heavy atom. The van der Waals surface area contributed by atoms with Crippen molar-refractivity contribution < 1.29 is 13.2 Å². The van der Waals surface area contributed by atoms with Crippen LogP contribution in [0.1, 0.15) is 5.56 Å². The van der Waals surface area contributed by atoms with Gasteiger partial charge in [0.25, 0.3) is 10.0 Å². The SMILES string of the molecule is COc1ccc(NS(=O)(=O)c2cc(CN)cs2)cc1Br. The number of methoxy groups -OCH3 is 1. The molecule has 0 bridgehead atoms. The van der Waals surface area contributed by atoms with Gasteiger partial charge in [-0.1, -0.05) is 0 Å². The summed E-state index contributed by atoms with van der Waals surface area (Å²) in [7, 11) is -2.04. The number of rotatable bonds is 5. The van der Waals surface area contributed by atoms with E-state index in [1.54, 1.807) is 36.8 Å². The van der Waals surface area contributed by atoms with Crippen molar-refractivity contribution in [1.29, 1.82) is 0 Å². The largest absolute Gasteiger partial charge is 0.496 e. The smallest absolute Gasteiger partial charge is 0.271 e. The number of nitrogens with one attached hydrogen (secondary N) is 1. The van der Waals surface area contributed by atoms with E-state index in [-0.39, 0.29) is 4.21 Å². The molecule has 2 aromatic rings. The molecule has 0 radical (unpaired) electrons. The number of hydrogen-bond donors (Lipinski definition) is 2. The fourth-order valence-corrected chi connectivity index (χ4v) is 4.35. The van der Waals surface area contributed by atoms with Crippen LogP contribution in [0.4, 0.5) is 5.69 Å². The maximum atomic E-state index is 12.2. The molecular formula is C12H13BrN2O3S2. The Hall–Kier alpha value is -1.09. The van der Waals surface area contributed by atoms with Crippen molar-refractivity contribution in [3.8, 4) is 5.75 Å². The Morgan fingerprint density at radius 3 is 2.70 bits per heavy atom. The maximum absolute atomic E-state index is 12.2. The van der Waals surface area contributed by atoms with E-state index >= 15 is 0 Å². The summed E-state index contributed by atoms with van der Waals surface area (Å²) in [5, 5.41) is 1.73. The van der Waals surface area contributed by atoms with E-state index in [4.69, 9.17) is 10.5 Å². The predicted molar refractivity (Wildman–Crippen MR) is 83.7 cm³/mol. The van der Waals surface area contributed by atoms with Crippen LogP contribution in [0.15, 0.2) is 38.3 Å². The number of sulfonamides is 1. The molecule has 0 fully saturated rings. The summed E-state index contributed by atoms with van der Waals surface area (Å²) in [4.78, 5) is 0. The molecule has 8 heteroatoms. The van der Waals surface area contributed by atoms with Crippen molar-refractivity contribution in [2.75, 3.05) is 11.8 Å². The highest BCUT2D eigenvalue weighted by Gasteiger charge is 2.17. The van der Waals surface area contributed by atoms with Crippen molar-refractivity contribution in [2.24, 2.45) is 5.73 Å². The van der Waals surface area contributed by atoms with Crippen LogP contribution in [0.3, 0.4) is 0 Å². The lowest BCUT2D eigenvalue weighted by Gasteiger charge is -2.08. The molecule has 0 aliphatic heterocycles. The van der Waals surface area contributed by atoms with Gasteiger partial charge in [0.2, 0.25) is 0 Å². The normalized spacial score (nSPS) is 11.3. The minimum Gasteiger partial charge on any atom is -0.496 e. The van der Waals surface area contributed by atoms with Gasteiger partial charge in [-0.3, -0.25) is 4.72 Å². The van der Waals surface area contributed by atoms with Gasteiger partial charge in [0.1, 0.15) is 9.96 Å². The number of halogens is 1. The van der Waals surface area contributed by atoms with Crippen LogP contribution in [0.5, 0.6) is 5.75 Å². The number of nitrogens with two attached hydrogens (primary N) is 1. The lowest BCUT2D eigenvalue weighted by Crippen LogP contribution is -2.11. The second-order valence-corrected chi connectivity index (χ2v) is 7.61. The van der Waals surface area contributed by atoms with Gasteiger partial charge in [0.15, 0.2) is 0 Å². The molecule has 0 unspecified atom stereocenters. The molecule has 2 rings (SSSR count). The van der Waals surface area contributed by atoms with Crippen LogP contribution < -0.4 is 15.2 Å². The Morgan fingerprint density at radius 2 is 2.15 bits per heavy atom. The molecule has 0 saturated carbocycles. The summed E-state index contributed by atoms with van der Waals surface area (Å²) in [6.07, 6.45) is 0. The first-order chi connectivity index (χ1) is 9.46. The highest BCUT2D eigenvalue weighted by atomic mass is 79.9. The fraction of sp³-hybridized carbons (Fsp3) is 0.167. The van der Waals surface area contributed by atoms with E-state index in [0.29, 0.717) is 22.5 Å². The number of ether oxygens (including phenoxy) is 1. The molecule has 0 atom stereocenters. The van der Waals surface area contributed by atoms with Gasteiger partial charge in [-0.15, -0.1) is 11.3 Å². The second kappa shape index (κ2) is 6.13. The zero-order valence-electron chi connectivity index (χ0n) is 10.6. The number of anilines is 1. The maximum Gasteiger partial charge on any atom is 0.271 e. The van der Waals surface area contributed by atoms with Crippen LogP contribution >= 0.6 is 27.3 Å². The lowest BCUT2D eigenvalue weighted by atomic mass is 10.3. The Bertz CT molecular complexity index is 713. The first-order valence-corrected chi connectivity index (χ1v) is 8.75. The van der Waals surface area contributed by atoms with E-state index in [2.05, 4.69) is 20.7 Å². The van der Waals surface area contributed by atoms with Gasteiger partial charge >= 0.3 is 0 Å². The Labute approximate surface area is 129 Å². The standard InChI is InChI=1S/C12H13BrN2O3S2/c1-18-11-3-2-9(5-10(11)13)15-20(16,17)12-4-8(6-14)7-19-12/h2-5,7,15H,6,14H2,1H3. The van der Waals surface area contributed by atoms with E-state index < -0.39 is 10.0 Å². The Balaban J connectivity index is 2.26. The van der Waals surface area contributed by atoms with Crippen LogP contribution in [-0.4, -0.2) is 15.5 Å². The van der Waals surface area contributed by atoms with Crippen molar-refractivity contribution >= 4 is 43.0 Å². The van der Waals surface area contributed by atoms with Crippen molar-refractivity contribution in [1.82, 2.24) is 0 Å². The number of benzene rings is 1. The monoisotopic (exact) mass is 376 g/mol. The molecule has 0 aliphatic rings. The van der Waals surface area contributed by atoms with E-state index in [0.717, 1.165) is 16.9 Å². The number of thiophene rings is 1. The van der Waals surface area contributed by atoms with Crippen molar-refractivity contribution in [3.05, 3.63) is 39.7 Å². The average Bonchev–Trinajstić information content (AvgIpc) is 2.88. The molecule has 0 spiro atoms. The molecule has 1 aromatic carbocycles. The first kappa shape index (κ1) is 15.3. The third-order valence-electron chi connectivity index (χ3n) is 2.53. The molecule has 5 nitrogen and oxygen atoms in total. The van der Waals surface area contributed by atoms with E-state index in [1.807, 2.05) is 0 Å². The molecule has 1 aromatic heterocycles. The summed E-state index contributed by atoms with van der Waals surface area (Å²) in [5.74, 6) is 0.634. The van der Waals surface area contributed by atoms with Gasteiger partial charge in [-0.25, -0.2) is 8.42 Å². The van der Waals surface area contributed by atoms with Gasteiger partial charge < -0.3 is 10.5 Å². The van der Waals surface area contributed by atoms with Crippen molar-refractivity contribution in [2.45, 2.75) is 10.8 Å². The topological polar surface area (TPSA) is 81.4 Å². The first-order valence-electron chi connectivity index (χ1n) is 5.60. The minimum atomic E-state index is -3.59. The highest BCUT2D eigenvalue weighted by Crippen LogP contribution is 2.29. The van der Waals surface area contributed by atoms with Crippen LogP contribution in [-0.2, 0) is 16.6 Å². The van der Waals surface area contributed by atoms with Crippen LogP contribution in [0, 0.1) is 0 Å². The molecule has 108 valence electrons. The Kier molecular flexibility index (Phi) is 4.69. The van der Waals surface area contributed by atoms with Gasteiger partial charge in [0.05, 0.1) is 17.3 Å². The second-order valence-electron chi connectivity index (χ2n) is 3.93. The third kappa shape index (κ3) is 3.32. The summed E-state index contributed by atoms with van der Waals surface area (Å²) in [6.45, 7) is 0.320. The molecule has 3 N–H and O–H groups in total. The van der Waals surface area contributed by atoms with Crippen LogP contribution in [0.2, 0.25) is 0 Å². The number of hydrogen-bond acceptors (Lipinski definition) is 5. The summed E-state index contributed by atoms with van der Waals surface area (Å²) < 4.78 is 32.9. The quantitative estimate of drug-likeness (QED) is 0.840. The molecule has 1 heterocycles. The molecule has 0 amide bonds. The molecule has 20 heavy (non-hydrogen) atoms. The summed E-state index contributed by atoms with van der Waals surface area (Å²) >= 11 is 4.46. The molecule has 0 saturated heterocycles. The van der Waals surface area contributed by atoms with Gasteiger partial charge in [-0.2, -0.15) is 0 Å². The van der Waals surface area contributed by atoms with E-state index in [9.17, 15) is 8.42 Å². The summed E-state index contributed by atoms with van der Waals surface area (Å²) in [5.41, 5.74) is 6.74. The van der Waals surface area contributed by atoms with Gasteiger partial charge in [0, 0.05) is 6.54 Å². The highest BCUT2D eigenvalue weighted by molar-refractivity contribution is 9.10. The van der Waals surface area contributed by atoms with Gasteiger partial charge in [-0.05, 0) is 51.1 Å². The molecular weight excluding hydrogens is 364 g/mol. The summed E-state index contributed by atoms with van der Waals surface area (Å²) in [6, 6.07) is 6.54.